The SMILES string of the molecule is C=C1NC(=O)C(/C=C/C(=O)NCCCCCCCC(=O)CCCCCCCCCCC(=O)NC(COCCC(=O)NCCCCC(=O)CCCCO[C@@H]2OC(CO)[C@H](O)[C@H](O)C2NC(C)=O)(COCCC(=O)NCCCNCCCCCO[C@@H]2OC(CO)[C@H](O)[C@H](O)C2NC(C)=O)COCCC(=O)NCCCNC(=O)CCCCOCCO[C@@H]2OC(CO)[C@H](O)[C@H](O)C2NC(C)=O)=CN1[C@H](C)C[C@@H](OP(C)(=O)OC)[C@H](C)COC. The number of Topliss-reactive ketones (excluding diaryl/α,β-unsaturated/α-hetero) is 2. The summed E-state index contributed by atoms with van der Waals surface area (Å²) in [7, 11) is -0.436. The molecule has 0 aromatic rings. The van der Waals surface area contributed by atoms with Crippen LogP contribution in [0.4, 0.5) is 0 Å². The van der Waals surface area contributed by atoms with Crippen LogP contribution in [-0.2, 0) is 123 Å². The van der Waals surface area contributed by atoms with Crippen LogP contribution in [0, 0.1) is 5.92 Å². The summed E-state index contributed by atoms with van der Waals surface area (Å²) in [6.07, 6.45) is 7.49. The fourth-order valence-corrected chi connectivity index (χ4v) is 17.8. The predicted octanol–water partition coefficient (Wildman–Crippen LogP) is 1.23. The molecule has 20 N–H and O–H groups in total. The van der Waals surface area contributed by atoms with Gasteiger partial charge in [-0.05, 0) is 129 Å². The van der Waals surface area contributed by atoms with E-state index in [0.29, 0.717) is 129 Å². The van der Waals surface area contributed by atoms with Crippen molar-refractivity contribution in [3.05, 3.63) is 36.3 Å². The highest BCUT2D eigenvalue weighted by molar-refractivity contribution is 7.52. The van der Waals surface area contributed by atoms with Crippen molar-refractivity contribution in [2.45, 2.75) is 363 Å². The van der Waals surface area contributed by atoms with Crippen molar-refractivity contribution in [1.82, 2.24) is 63.4 Å². The number of unbranched alkanes of at least 4 members (excludes halogenated alkanes) is 16. The van der Waals surface area contributed by atoms with Gasteiger partial charge in [-0.15, -0.1) is 0 Å². The van der Waals surface area contributed by atoms with Crippen molar-refractivity contribution in [3.63, 3.8) is 0 Å². The number of nitrogens with zero attached hydrogens (tertiary/aromatic N) is 1. The molecule has 8 unspecified atom stereocenters. The van der Waals surface area contributed by atoms with Crippen LogP contribution < -0.4 is 58.5 Å². The lowest BCUT2D eigenvalue weighted by Gasteiger charge is -2.42. The van der Waals surface area contributed by atoms with Gasteiger partial charge >= 0.3 is 7.60 Å². The number of nitrogens with one attached hydrogen (secondary N) is 11. The minimum atomic E-state index is -3.34. The Kier molecular flexibility index (Phi) is 70.4. The number of aliphatic hydroxyl groups excluding tert-OH is 9. The van der Waals surface area contributed by atoms with Crippen molar-refractivity contribution < 1.29 is 169 Å². The normalized spacial score (nSPS) is 22.9. The molecule has 20 atom stereocenters. The first kappa shape index (κ1) is 134. The van der Waals surface area contributed by atoms with Gasteiger partial charge in [-0.25, -0.2) is 0 Å². The molecule has 4 heterocycles. The Morgan fingerprint density at radius 1 is 0.450 bits per heavy atom. The first-order valence-corrected chi connectivity index (χ1v) is 55.1. The van der Waals surface area contributed by atoms with E-state index in [1.807, 2.05) is 13.8 Å². The number of carbonyl (C=O) groups is 12. The number of amides is 10. The molecule has 4 aliphatic rings. The van der Waals surface area contributed by atoms with Gasteiger partial charge in [0, 0.05) is 176 Å². The van der Waals surface area contributed by atoms with Crippen LogP contribution in [0.15, 0.2) is 36.3 Å². The Hall–Kier alpha value is -7.63. The number of methoxy groups -OCH3 is 1. The topological polar surface area (TPSA) is 660 Å². The lowest BCUT2D eigenvalue weighted by Crippen LogP contribution is -2.64. The first-order chi connectivity index (χ1) is 71.4. The Balaban J connectivity index is 1.28. The van der Waals surface area contributed by atoms with Crippen LogP contribution in [0.25, 0.3) is 0 Å². The Morgan fingerprint density at radius 2 is 0.812 bits per heavy atom. The van der Waals surface area contributed by atoms with Crippen molar-refractivity contribution >= 4 is 78.2 Å². The monoisotopic (exact) mass is 2150 g/mol. The molecule has 0 saturated carbocycles. The maximum absolute atomic E-state index is 14.2. The van der Waals surface area contributed by atoms with E-state index in [0.717, 1.165) is 89.9 Å². The Labute approximate surface area is 877 Å². The molecule has 149 heavy (non-hydrogen) atoms. The van der Waals surface area contributed by atoms with Crippen LogP contribution in [0.1, 0.15) is 253 Å². The molecule has 48 heteroatoms. The van der Waals surface area contributed by atoms with Crippen LogP contribution in [0.3, 0.4) is 0 Å². The summed E-state index contributed by atoms with van der Waals surface area (Å²) < 4.78 is 87.4. The maximum atomic E-state index is 14.2. The molecule has 10 amide bonds. The quantitative estimate of drug-likeness (QED) is 0.0231. The molecule has 0 aromatic heterocycles. The summed E-state index contributed by atoms with van der Waals surface area (Å²) in [5.74, 6) is -3.26. The Morgan fingerprint density at radius 3 is 1.27 bits per heavy atom. The summed E-state index contributed by atoms with van der Waals surface area (Å²) >= 11 is 0. The molecule has 0 aromatic carbocycles. The standard InChI is InChI=1S/C101H179N12O35P/c1-69(65-136-7)78(148-149(9,135)137-8)60-70(2)113-61-75(97(134)108-71(113)3)40-41-83(123)103-47-27-18-14-16-21-35-76(120)34-20-15-12-10-11-13-17-22-39-87(127)112-101(67-140-56-43-85(125)106-49-32-46-102-45-26-19-29-53-142-98-88(109-72(4)117)94(131)91(128)79(62-114)145-98,66-139-55-42-84(124)104-48-28-23-36-77(121)37-24-31-54-143-99-89(110-73(5)118)95(132)92(129)80(63-115)146-99)68-141-57-44-86(126)107-51-33-50-105-82(122)38-25-30-52-138-58-59-144-100-90(111-74(6)119)96(133)93(130)81(64-116)147-100/h40-41,61,69-70,78-81,88-96,98-100,102,114-116,128-133H,3,10-39,42-60,62-68H2,1-2,4-9H3,(H,103,123)(H,104,124)(H,105,122)(H,106,125)(H,107,126)(H,108,134)(H,109,117)(H,110,118)(H,111,119)(H,112,127)/b41-40+/t69-,70-,78-,79?,80?,81?,88?,89?,90?,91+,92+,93+,94-,95-,96-,98-,99-,100-,101?,149?/m1/s1. The average molecular weight is 2150 g/mol. The van der Waals surface area contributed by atoms with Crippen LogP contribution in [0.5, 0.6) is 0 Å². The lowest BCUT2D eigenvalue weighted by molar-refractivity contribution is -0.272. The van der Waals surface area contributed by atoms with Crippen LogP contribution in [0.2, 0.25) is 0 Å². The highest BCUT2D eigenvalue weighted by Gasteiger charge is 2.49. The van der Waals surface area contributed by atoms with Crippen molar-refractivity contribution in [3.8, 4) is 0 Å². The summed E-state index contributed by atoms with van der Waals surface area (Å²) in [5, 5.41) is 122. The number of aliphatic hydroxyl groups is 9. The molecule has 0 radical (unpaired) electrons. The molecule has 47 nitrogen and oxygen atoms in total. The lowest BCUT2D eigenvalue weighted by atomic mass is 9.97. The van der Waals surface area contributed by atoms with Gasteiger partial charge in [0.05, 0.1) is 91.0 Å². The molecular weight excluding hydrogens is 1970 g/mol. The van der Waals surface area contributed by atoms with E-state index in [1.165, 1.54) is 46.7 Å². The summed E-state index contributed by atoms with van der Waals surface area (Å²) in [5.41, 5.74) is -1.15. The smallest absolute Gasteiger partial charge is 0.327 e. The number of ether oxygens (including phenoxy) is 11. The molecule has 4 rings (SSSR count). The fourth-order valence-electron chi connectivity index (χ4n) is 16.9. The van der Waals surface area contributed by atoms with Gasteiger partial charge in [0.1, 0.15) is 96.0 Å². The number of hydrogen-bond acceptors (Lipinski definition) is 37. The van der Waals surface area contributed by atoms with E-state index in [9.17, 15) is 108 Å². The van der Waals surface area contributed by atoms with E-state index < -0.39 is 155 Å². The highest BCUT2D eigenvalue weighted by Crippen LogP contribution is 2.46. The molecule has 0 bridgehead atoms. The molecule has 0 aliphatic carbocycles. The second-order valence-electron chi connectivity index (χ2n) is 38.6. The summed E-state index contributed by atoms with van der Waals surface area (Å²) in [6.45, 7) is 14.2. The molecular formula is C101H179N12O35P. The first-order valence-electron chi connectivity index (χ1n) is 53.1. The van der Waals surface area contributed by atoms with Gasteiger partial charge in [-0.3, -0.25) is 62.1 Å². The molecule has 3 fully saturated rings. The number of rotatable bonds is 87. The van der Waals surface area contributed by atoms with Crippen LogP contribution in [-0.4, -0.2) is 397 Å². The molecule has 3 saturated heterocycles. The van der Waals surface area contributed by atoms with Gasteiger partial charge in [0.25, 0.3) is 5.91 Å². The molecule has 0 spiro atoms. The zero-order chi connectivity index (χ0) is 110. The third-order valence-corrected chi connectivity index (χ3v) is 26.8. The third-order valence-electron chi connectivity index (χ3n) is 25.5. The number of hydrogen-bond donors (Lipinski definition) is 20. The van der Waals surface area contributed by atoms with E-state index in [4.69, 9.17) is 61.2 Å². The second-order valence-corrected chi connectivity index (χ2v) is 40.7. The van der Waals surface area contributed by atoms with Gasteiger partial charge in [-0.2, -0.15) is 0 Å². The van der Waals surface area contributed by atoms with Gasteiger partial charge in [-0.1, -0.05) is 71.3 Å². The van der Waals surface area contributed by atoms with Gasteiger partial charge < -0.3 is 170 Å². The summed E-state index contributed by atoms with van der Waals surface area (Å²) in [6, 6.07) is -3.48. The van der Waals surface area contributed by atoms with E-state index >= 15 is 0 Å². The minimum Gasteiger partial charge on any atom is -0.394 e. The maximum Gasteiger partial charge on any atom is 0.327 e. The van der Waals surface area contributed by atoms with E-state index in [1.54, 1.807) is 18.2 Å². The number of carbonyl (C=O) groups excluding carboxylic acids is 12. The highest BCUT2D eigenvalue weighted by atomic mass is 31.2. The zero-order valence-electron chi connectivity index (χ0n) is 89.0. The predicted molar refractivity (Wildman–Crippen MR) is 545 cm³/mol. The second kappa shape index (κ2) is 78.5. The molecule has 4 aliphatic heterocycles. The van der Waals surface area contributed by atoms with Crippen LogP contribution >= 0.6 is 7.60 Å². The van der Waals surface area contributed by atoms with Crippen molar-refractivity contribution in [1.29, 1.82) is 0 Å². The number of ketones is 2. The molecule has 858 valence electrons. The van der Waals surface area contributed by atoms with E-state index in [2.05, 4.69) is 65.1 Å². The average Bonchev–Trinajstić information content (AvgIpc) is 0.825. The third kappa shape index (κ3) is 57.4. The fraction of sp³-hybridized carbons (Fsp3) is 0.822. The zero-order valence-corrected chi connectivity index (χ0v) is 89.9. The van der Waals surface area contributed by atoms with E-state index in [-0.39, 0.29) is 195 Å². The largest absolute Gasteiger partial charge is 0.394 e. The van der Waals surface area contributed by atoms with Gasteiger partial charge in [0.2, 0.25) is 53.2 Å². The summed E-state index contributed by atoms with van der Waals surface area (Å²) in [4.78, 5) is 155. The Bertz CT molecular complexity index is 3980. The minimum absolute atomic E-state index is 0.000640. The van der Waals surface area contributed by atoms with Gasteiger partial charge in [0.15, 0.2) is 18.9 Å². The van der Waals surface area contributed by atoms with Crippen molar-refractivity contribution in [2.75, 3.05) is 166 Å². The van der Waals surface area contributed by atoms with Crippen molar-refractivity contribution in [2.24, 2.45) is 5.92 Å².